The summed E-state index contributed by atoms with van der Waals surface area (Å²) in [4.78, 5) is 8.70. The molecule has 0 spiro atoms. The number of rotatable bonds is 6. The van der Waals surface area contributed by atoms with E-state index in [0.29, 0.717) is 6.10 Å². The van der Waals surface area contributed by atoms with Crippen LogP contribution in [0.4, 0.5) is 0 Å². The summed E-state index contributed by atoms with van der Waals surface area (Å²) in [6.45, 7) is 11.7. The molecular weight excluding hydrogens is 366 g/mol. The van der Waals surface area contributed by atoms with Gasteiger partial charge in [-0.15, -0.1) is 11.3 Å². The van der Waals surface area contributed by atoms with Gasteiger partial charge in [0.1, 0.15) is 0 Å². The summed E-state index contributed by atoms with van der Waals surface area (Å²) in [6.07, 6.45) is 5.90. The summed E-state index contributed by atoms with van der Waals surface area (Å²) < 4.78 is 6.32. The van der Waals surface area contributed by atoms with Gasteiger partial charge < -0.3 is 10.1 Å². The van der Waals surface area contributed by atoms with E-state index in [0.717, 1.165) is 44.9 Å². The van der Waals surface area contributed by atoms with Crippen LogP contribution in [-0.4, -0.2) is 48.8 Å². The van der Waals surface area contributed by atoms with E-state index in [2.05, 4.69) is 71.8 Å². The maximum Gasteiger partial charge on any atom is 0.0769 e. The van der Waals surface area contributed by atoms with Gasteiger partial charge in [0, 0.05) is 47.4 Å². The van der Waals surface area contributed by atoms with Crippen molar-refractivity contribution < 1.29 is 4.74 Å². The topological polar surface area (TPSA) is 37.4 Å². The fourth-order valence-corrected chi connectivity index (χ4v) is 5.51. The number of thiophene rings is 1. The Kier molecular flexibility index (Phi) is 5.88. The molecule has 0 bridgehead atoms. The van der Waals surface area contributed by atoms with E-state index in [1.807, 2.05) is 11.3 Å². The van der Waals surface area contributed by atoms with Crippen molar-refractivity contribution in [2.45, 2.75) is 51.7 Å². The van der Waals surface area contributed by atoms with Crippen molar-refractivity contribution in [3.05, 3.63) is 52.0 Å². The number of aromatic nitrogens is 1. The van der Waals surface area contributed by atoms with E-state index >= 15 is 0 Å². The molecule has 2 saturated heterocycles. The Hall–Kier alpha value is -1.27. The van der Waals surface area contributed by atoms with Crippen LogP contribution in [0.5, 0.6) is 0 Å². The van der Waals surface area contributed by atoms with Crippen molar-refractivity contribution in [2.24, 2.45) is 5.41 Å². The molecule has 2 unspecified atom stereocenters. The average molecular weight is 400 g/mol. The highest BCUT2D eigenvalue weighted by atomic mass is 32.1. The summed E-state index contributed by atoms with van der Waals surface area (Å²) in [7, 11) is 0. The highest BCUT2D eigenvalue weighted by Gasteiger charge is 2.48. The molecule has 0 saturated carbocycles. The first-order valence-corrected chi connectivity index (χ1v) is 11.4. The third-order valence-corrected chi connectivity index (χ3v) is 7.79. The molecule has 0 aliphatic carbocycles. The summed E-state index contributed by atoms with van der Waals surface area (Å²) in [5.41, 5.74) is 2.57. The number of nitrogens with zero attached hydrogens (tertiary/aromatic N) is 2. The van der Waals surface area contributed by atoms with Crippen molar-refractivity contribution in [2.75, 3.05) is 32.8 Å². The number of nitrogens with one attached hydrogen (secondary N) is 1. The molecule has 4 heterocycles. The smallest absolute Gasteiger partial charge is 0.0769 e. The fourth-order valence-electron chi connectivity index (χ4n) is 4.80. The molecule has 0 aromatic carbocycles. The first-order valence-electron chi connectivity index (χ1n) is 10.5. The predicted octanol–water partition coefficient (Wildman–Crippen LogP) is 4.00. The van der Waals surface area contributed by atoms with Crippen molar-refractivity contribution in [3.63, 3.8) is 0 Å². The molecule has 2 aromatic heterocycles. The molecule has 0 amide bonds. The number of likely N-dealkylation sites (tertiary alicyclic amines) is 1. The molecule has 152 valence electrons. The molecule has 2 fully saturated rings. The standard InChI is InChI=1S/C23H33N3OS/c1-18-6-7-19(15-25-18)22(2,3)26-12-10-23(17-26,21-16-24-11-13-27-21)9-8-20-5-4-14-28-20/h4-7,14-15,21,24H,8-13,16-17H2,1-3H3. The zero-order valence-electron chi connectivity index (χ0n) is 17.4. The molecule has 2 aromatic rings. The Balaban J connectivity index is 1.54. The number of morpholine rings is 1. The van der Waals surface area contributed by atoms with E-state index in [9.17, 15) is 0 Å². The summed E-state index contributed by atoms with van der Waals surface area (Å²) >= 11 is 1.88. The molecule has 2 aliphatic heterocycles. The van der Waals surface area contributed by atoms with Crippen LogP contribution >= 0.6 is 11.3 Å². The van der Waals surface area contributed by atoms with Crippen LogP contribution in [0, 0.1) is 12.3 Å². The third kappa shape index (κ3) is 4.04. The Morgan fingerprint density at radius 2 is 2.25 bits per heavy atom. The molecule has 2 aliphatic rings. The Morgan fingerprint density at radius 1 is 1.36 bits per heavy atom. The fraction of sp³-hybridized carbons (Fsp3) is 0.609. The minimum atomic E-state index is -0.0204. The van der Waals surface area contributed by atoms with Crippen molar-refractivity contribution in [1.29, 1.82) is 0 Å². The number of aryl methyl sites for hydroxylation is 2. The number of hydrogen-bond acceptors (Lipinski definition) is 5. The number of hydrogen-bond donors (Lipinski definition) is 1. The van der Waals surface area contributed by atoms with E-state index in [1.54, 1.807) is 0 Å². The van der Waals surface area contributed by atoms with Crippen molar-refractivity contribution in [1.82, 2.24) is 15.2 Å². The van der Waals surface area contributed by atoms with Gasteiger partial charge in [0.2, 0.25) is 0 Å². The summed E-state index contributed by atoms with van der Waals surface area (Å²) in [5.74, 6) is 0. The quantitative estimate of drug-likeness (QED) is 0.797. The lowest BCUT2D eigenvalue weighted by Crippen LogP contribution is -2.51. The second kappa shape index (κ2) is 8.23. The van der Waals surface area contributed by atoms with Gasteiger partial charge in [0.15, 0.2) is 0 Å². The molecule has 1 N–H and O–H groups in total. The molecule has 5 heteroatoms. The molecule has 2 atom stereocenters. The average Bonchev–Trinajstić information content (AvgIpc) is 3.38. The van der Waals surface area contributed by atoms with Crippen LogP contribution in [-0.2, 0) is 16.7 Å². The zero-order valence-corrected chi connectivity index (χ0v) is 18.2. The highest BCUT2D eigenvalue weighted by Crippen LogP contribution is 2.45. The maximum atomic E-state index is 6.32. The Morgan fingerprint density at radius 3 is 2.93 bits per heavy atom. The van der Waals surface area contributed by atoms with Gasteiger partial charge in [-0.25, -0.2) is 0 Å². The van der Waals surface area contributed by atoms with Crippen molar-refractivity contribution >= 4 is 11.3 Å². The normalized spacial score (nSPS) is 26.6. The van der Waals surface area contributed by atoms with E-state index in [4.69, 9.17) is 4.74 Å². The molecule has 0 radical (unpaired) electrons. The first kappa shape index (κ1) is 20.0. The van der Waals surface area contributed by atoms with Crippen LogP contribution in [0.25, 0.3) is 0 Å². The number of pyridine rings is 1. The van der Waals surface area contributed by atoms with Gasteiger partial charge in [-0.2, -0.15) is 0 Å². The van der Waals surface area contributed by atoms with Crippen LogP contribution in [0.3, 0.4) is 0 Å². The first-order chi connectivity index (χ1) is 13.5. The van der Waals surface area contributed by atoms with Gasteiger partial charge in [-0.1, -0.05) is 12.1 Å². The van der Waals surface area contributed by atoms with Crippen molar-refractivity contribution in [3.8, 4) is 0 Å². The van der Waals surface area contributed by atoms with E-state index < -0.39 is 0 Å². The minimum absolute atomic E-state index is 0.0204. The summed E-state index contributed by atoms with van der Waals surface area (Å²) in [5, 5.41) is 5.76. The molecular formula is C23H33N3OS. The Labute approximate surface area is 173 Å². The summed E-state index contributed by atoms with van der Waals surface area (Å²) in [6, 6.07) is 8.81. The molecule has 4 rings (SSSR count). The van der Waals surface area contributed by atoms with Crippen LogP contribution < -0.4 is 5.32 Å². The molecule has 4 nitrogen and oxygen atoms in total. The second-order valence-corrected chi connectivity index (χ2v) is 9.96. The van der Waals surface area contributed by atoms with E-state index in [-0.39, 0.29) is 11.0 Å². The SMILES string of the molecule is Cc1ccc(C(C)(C)N2CCC(CCc3cccs3)(C3CNCCO3)C2)cn1. The largest absolute Gasteiger partial charge is 0.375 e. The lowest BCUT2D eigenvalue weighted by atomic mass is 9.76. The highest BCUT2D eigenvalue weighted by molar-refractivity contribution is 7.09. The van der Waals surface area contributed by atoms with Crippen LogP contribution in [0.2, 0.25) is 0 Å². The monoisotopic (exact) mass is 399 g/mol. The van der Waals surface area contributed by atoms with Gasteiger partial charge >= 0.3 is 0 Å². The lowest BCUT2D eigenvalue weighted by molar-refractivity contribution is -0.0612. The van der Waals surface area contributed by atoms with Gasteiger partial charge in [0.25, 0.3) is 0 Å². The maximum absolute atomic E-state index is 6.32. The number of ether oxygens (including phenoxy) is 1. The Bertz CT molecular complexity index is 753. The lowest BCUT2D eigenvalue weighted by Gasteiger charge is -2.42. The second-order valence-electron chi connectivity index (χ2n) is 8.92. The third-order valence-electron chi connectivity index (χ3n) is 6.85. The van der Waals surface area contributed by atoms with E-state index in [1.165, 1.54) is 23.3 Å². The van der Waals surface area contributed by atoms with Crippen LogP contribution in [0.1, 0.15) is 42.8 Å². The predicted molar refractivity (Wildman–Crippen MR) is 116 cm³/mol. The van der Waals surface area contributed by atoms with Gasteiger partial charge in [0.05, 0.1) is 12.7 Å². The van der Waals surface area contributed by atoms with Gasteiger partial charge in [-0.3, -0.25) is 9.88 Å². The van der Waals surface area contributed by atoms with Crippen LogP contribution in [0.15, 0.2) is 35.8 Å². The minimum Gasteiger partial charge on any atom is -0.375 e. The van der Waals surface area contributed by atoms with Gasteiger partial charge in [-0.05, 0) is 69.7 Å². The molecule has 28 heavy (non-hydrogen) atoms. The zero-order chi connectivity index (χ0) is 19.6.